The molecule has 0 aliphatic carbocycles. The van der Waals surface area contributed by atoms with E-state index in [-0.39, 0.29) is 30.3 Å². The Kier molecular flexibility index (Phi) is 7.10. The number of carbonyl (C=O) groups excluding carboxylic acids is 1. The van der Waals surface area contributed by atoms with Crippen molar-refractivity contribution in [2.45, 2.75) is 39.0 Å². The summed E-state index contributed by atoms with van der Waals surface area (Å²) < 4.78 is 33.1. The van der Waals surface area contributed by atoms with Gasteiger partial charge in [0.2, 0.25) is 5.91 Å². The molecule has 0 bridgehead atoms. The van der Waals surface area contributed by atoms with Crippen LogP contribution in [0.3, 0.4) is 0 Å². The van der Waals surface area contributed by atoms with Crippen molar-refractivity contribution < 1.29 is 17.9 Å². The highest BCUT2D eigenvalue weighted by molar-refractivity contribution is 7.90. The average molecular weight is 447 g/mol. The first-order valence-electron chi connectivity index (χ1n) is 9.83. The number of sulfone groups is 1. The number of hydrogen-bond donors (Lipinski definition) is 0. The van der Waals surface area contributed by atoms with Gasteiger partial charge in [-0.2, -0.15) is 4.99 Å². The van der Waals surface area contributed by atoms with Crippen LogP contribution in [0, 0.1) is 6.92 Å². The molecule has 30 heavy (non-hydrogen) atoms. The molecule has 2 aromatic carbocycles. The number of aryl methyl sites for hydroxylation is 2. The van der Waals surface area contributed by atoms with Crippen molar-refractivity contribution >= 4 is 37.3 Å². The molecule has 0 saturated carbocycles. The Morgan fingerprint density at radius 1 is 1.17 bits per heavy atom. The van der Waals surface area contributed by atoms with Crippen LogP contribution in [0.25, 0.3) is 10.2 Å². The Morgan fingerprint density at radius 2 is 1.90 bits per heavy atom. The molecule has 0 aliphatic heterocycles. The number of nitrogens with zero attached hydrogens (tertiary/aromatic N) is 2. The smallest absolute Gasteiger partial charge is 0.248 e. The van der Waals surface area contributed by atoms with Gasteiger partial charge >= 0.3 is 0 Å². The van der Waals surface area contributed by atoms with E-state index in [0.717, 1.165) is 27.1 Å². The van der Waals surface area contributed by atoms with Crippen molar-refractivity contribution in [1.29, 1.82) is 0 Å². The zero-order valence-corrected chi connectivity index (χ0v) is 19.1. The minimum atomic E-state index is -3.26. The molecule has 6 nitrogen and oxygen atoms in total. The van der Waals surface area contributed by atoms with E-state index < -0.39 is 9.84 Å². The number of fused-ring (bicyclic) bond motifs is 1. The van der Waals surface area contributed by atoms with Crippen molar-refractivity contribution in [3.63, 3.8) is 0 Å². The Labute approximate surface area is 180 Å². The highest BCUT2D eigenvalue weighted by atomic mass is 32.2. The highest BCUT2D eigenvalue weighted by Gasteiger charge is 2.15. The zero-order valence-electron chi connectivity index (χ0n) is 17.4. The third-order valence-electron chi connectivity index (χ3n) is 4.82. The van der Waals surface area contributed by atoms with Crippen LogP contribution in [-0.4, -0.2) is 31.8 Å². The van der Waals surface area contributed by atoms with E-state index in [0.29, 0.717) is 11.3 Å². The molecular formula is C22H26N2O4S2. The van der Waals surface area contributed by atoms with Crippen molar-refractivity contribution in [2.75, 3.05) is 12.9 Å². The summed E-state index contributed by atoms with van der Waals surface area (Å²) in [4.78, 5) is 17.3. The predicted octanol–water partition coefficient (Wildman–Crippen LogP) is 3.86. The first kappa shape index (κ1) is 22.2. The summed E-state index contributed by atoms with van der Waals surface area (Å²) in [6.07, 6.45) is 0.360. The standard InChI is InChI=1S/C22H26N2O4S2/c1-4-24-20-18(28-3)13-12-16(2)21(20)29-22(24)23-19(25)11-8-14-30(26,27)15-17-9-6-5-7-10-17/h5-7,9-10,12-13H,4,8,11,14-15H2,1-3H3. The van der Waals surface area contributed by atoms with E-state index in [1.807, 2.05) is 48.7 Å². The summed E-state index contributed by atoms with van der Waals surface area (Å²) in [7, 11) is -1.64. The summed E-state index contributed by atoms with van der Waals surface area (Å²) in [5, 5.41) is 0. The van der Waals surface area contributed by atoms with E-state index in [1.165, 1.54) is 11.3 Å². The molecule has 0 spiro atoms. The molecule has 0 N–H and O–H groups in total. The molecule has 0 fully saturated rings. The van der Waals surface area contributed by atoms with Crippen LogP contribution in [0.5, 0.6) is 5.75 Å². The highest BCUT2D eigenvalue weighted by Crippen LogP contribution is 2.30. The van der Waals surface area contributed by atoms with Crippen LogP contribution in [0.1, 0.15) is 30.9 Å². The molecule has 8 heteroatoms. The molecule has 0 unspecified atom stereocenters. The minimum Gasteiger partial charge on any atom is -0.495 e. The molecular weight excluding hydrogens is 420 g/mol. The molecule has 1 aromatic heterocycles. The first-order valence-corrected chi connectivity index (χ1v) is 12.5. The molecule has 0 radical (unpaired) electrons. The third-order valence-corrected chi connectivity index (χ3v) is 7.71. The number of carbonyl (C=O) groups is 1. The number of methoxy groups -OCH3 is 1. The Bertz CT molecular complexity index is 1210. The van der Waals surface area contributed by atoms with Gasteiger partial charge in [0.05, 0.1) is 23.3 Å². The molecule has 1 amide bonds. The summed E-state index contributed by atoms with van der Waals surface area (Å²) in [6.45, 7) is 4.66. The molecule has 1 heterocycles. The SMILES string of the molecule is CCn1c(=NC(=O)CCCS(=O)(=O)Cc2ccccc2)sc2c(C)ccc(OC)c21. The second-order valence-electron chi connectivity index (χ2n) is 7.08. The monoisotopic (exact) mass is 446 g/mol. The second-order valence-corrected chi connectivity index (χ2v) is 10.2. The van der Waals surface area contributed by atoms with Crippen LogP contribution in [0.2, 0.25) is 0 Å². The lowest BCUT2D eigenvalue weighted by molar-refractivity contribution is -0.118. The van der Waals surface area contributed by atoms with Gasteiger partial charge in [-0.15, -0.1) is 0 Å². The lowest BCUT2D eigenvalue weighted by atomic mass is 10.2. The zero-order chi connectivity index (χ0) is 21.7. The van der Waals surface area contributed by atoms with Gasteiger partial charge < -0.3 is 9.30 Å². The van der Waals surface area contributed by atoms with Crippen LogP contribution < -0.4 is 9.54 Å². The fourth-order valence-electron chi connectivity index (χ4n) is 3.33. The number of benzene rings is 2. The van der Waals surface area contributed by atoms with Gasteiger partial charge in [0.25, 0.3) is 0 Å². The van der Waals surface area contributed by atoms with Gasteiger partial charge in [-0.05, 0) is 37.5 Å². The van der Waals surface area contributed by atoms with Gasteiger partial charge in [0, 0.05) is 13.0 Å². The van der Waals surface area contributed by atoms with E-state index in [9.17, 15) is 13.2 Å². The quantitative estimate of drug-likeness (QED) is 0.526. The van der Waals surface area contributed by atoms with Crippen molar-refractivity contribution in [3.8, 4) is 5.75 Å². The van der Waals surface area contributed by atoms with E-state index >= 15 is 0 Å². The third kappa shape index (κ3) is 5.17. The maximum Gasteiger partial charge on any atom is 0.248 e. The van der Waals surface area contributed by atoms with Crippen LogP contribution in [0.4, 0.5) is 0 Å². The molecule has 0 aliphatic rings. The topological polar surface area (TPSA) is 77.7 Å². The molecule has 0 atom stereocenters. The van der Waals surface area contributed by atoms with Gasteiger partial charge in [-0.3, -0.25) is 4.79 Å². The van der Waals surface area contributed by atoms with E-state index in [4.69, 9.17) is 4.74 Å². The Hall–Kier alpha value is -2.45. The van der Waals surface area contributed by atoms with Crippen molar-refractivity contribution in [2.24, 2.45) is 4.99 Å². The molecule has 160 valence electrons. The lowest BCUT2D eigenvalue weighted by Gasteiger charge is -2.07. The van der Waals surface area contributed by atoms with Gasteiger partial charge in [-0.1, -0.05) is 47.7 Å². The average Bonchev–Trinajstić information content (AvgIpc) is 3.07. The van der Waals surface area contributed by atoms with E-state index in [1.54, 1.807) is 19.2 Å². The second kappa shape index (κ2) is 9.57. The number of thiazole rings is 1. The fourth-order valence-corrected chi connectivity index (χ4v) is 5.95. The fraction of sp³-hybridized carbons (Fsp3) is 0.364. The Balaban J connectivity index is 1.74. The van der Waals surface area contributed by atoms with E-state index in [2.05, 4.69) is 4.99 Å². The maximum absolute atomic E-state index is 12.4. The predicted molar refractivity (Wildman–Crippen MR) is 121 cm³/mol. The Morgan fingerprint density at radius 3 is 2.57 bits per heavy atom. The molecule has 3 rings (SSSR count). The van der Waals surface area contributed by atoms with Gasteiger partial charge in [0.1, 0.15) is 11.3 Å². The maximum atomic E-state index is 12.4. The van der Waals surface area contributed by atoms with Gasteiger partial charge in [-0.25, -0.2) is 8.42 Å². The summed E-state index contributed by atoms with van der Waals surface area (Å²) in [5.74, 6) is 0.394. The number of amides is 1. The number of hydrogen-bond acceptors (Lipinski definition) is 5. The number of aromatic nitrogens is 1. The largest absolute Gasteiger partial charge is 0.495 e. The summed E-state index contributed by atoms with van der Waals surface area (Å²) in [6, 6.07) is 13.0. The first-order chi connectivity index (χ1) is 14.3. The molecule has 3 aromatic rings. The van der Waals surface area contributed by atoms with Crippen molar-refractivity contribution in [1.82, 2.24) is 4.57 Å². The van der Waals surface area contributed by atoms with Crippen molar-refractivity contribution in [3.05, 3.63) is 58.4 Å². The number of rotatable bonds is 8. The van der Waals surface area contributed by atoms with Crippen LogP contribution in [0.15, 0.2) is 47.5 Å². The lowest BCUT2D eigenvalue weighted by Crippen LogP contribution is -2.16. The minimum absolute atomic E-state index is 0.00953. The van der Waals surface area contributed by atoms with Crippen LogP contribution in [-0.2, 0) is 26.9 Å². The van der Waals surface area contributed by atoms with Gasteiger partial charge in [0.15, 0.2) is 14.6 Å². The summed E-state index contributed by atoms with van der Waals surface area (Å²) in [5.41, 5.74) is 2.79. The summed E-state index contributed by atoms with van der Waals surface area (Å²) >= 11 is 1.45. The molecule has 0 saturated heterocycles. The van der Waals surface area contributed by atoms with Crippen LogP contribution >= 0.6 is 11.3 Å². The number of ether oxygens (including phenoxy) is 1. The normalized spacial score (nSPS) is 12.4.